The van der Waals surface area contributed by atoms with Crippen LogP contribution in [-0.2, 0) is 30.6 Å². The van der Waals surface area contributed by atoms with E-state index in [0.717, 1.165) is 16.9 Å². The number of hydrogen-bond acceptors (Lipinski definition) is 7. The van der Waals surface area contributed by atoms with Crippen LogP contribution in [0.4, 0.5) is 0 Å². The summed E-state index contributed by atoms with van der Waals surface area (Å²) in [6.45, 7) is 5.92. The molecule has 10 heteroatoms. The Hall–Kier alpha value is -2.27. The van der Waals surface area contributed by atoms with Crippen molar-refractivity contribution in [1.82, 2.24) is 10.4 Å². The summed E-state index contributed by atoms with van der Waals surface area (Å²) < 4.78 is 25.8. The molecule has 34 heavy (non-hydrogen) atoms. The summed E-state index contributed by atoms with van der Waals surface area (Å²) in [5.41, 5.74) is 9.79. The van der Waals surface area contributed by atoms with Gasteiger partial charge in [-0.15, -0.1) is 11.3 Å². The molecule has 1 aliphatic rings. The standard InChI is InChI=1S/C24H33N3O5S2/c1-4-17-5-7-18(8-6-17)19-9-10-20(33-19)24(15-21(28)26-30)11-12-27(13-14-34(24,31)32)23(29)22(25)16(2)3/h5-10,16,22,30H,4,11-15,25H2,1-3H3,(H,26,28)/t22-,24-/m0/s1. The van der Waals surface area contributed by atoms with Crippen LogP contribution >= 0.6 is 11.3 Å². The molecule has 1 aromatic carbocycles. The molecule has 2 amide bonds. The van der Waals surface area contributed by atoms with Gasteiger partial charge in [0.1, 0.15) is 4.75 Å². The highest BCUT2D eigenvalue weighted by atomic mass is 32.2. The summed E-state index contributed by atoms with van der Waals surface area (Å²) in [5, 5.41) is 9.20. The lowest BCUT2D eigenvalue weighted by Crippen LogP contribution is -2.47. The van der Waals surface area contributed by atoms with Gasteiger partial charge in [-0.25, -0.2) is 13.9 Å². The Labute approximate surface area is 205 Å². The van der Waals surface area contributed by atoms with E-state index in [-0.39, 0.29) is 37.1 Å². The van der Waals surface area contributed by atoms with E-state index in [0.29, 0.717) is 4.88 Å². The van der Waals surface area contributed by atoms with Crippen LogP contribution in [0.2, 0.25) is 0 Å². The van der Waals surface area contributed by atoms with Gasteiger partial charge in [-0.2, -0.15) is 0 Å². The summed E-state index contributed by atoms with van der Waals surface area (Å²) in [6, 6.07) is 10.9. The molecule has 4 N–H and O–H groups in total. The van der Waals surface area contributed by atoms with Crippen molar-refractivity contribution in [1.29, 1.82) is 0 Å². The first kappa shape index (κ1) is 26.3. The van der Waals surface area contributed by atoms with Crippen molar-refractivity contribution < 1.29 is 23.2 Å². The Bertz CT molecular complexity index is 1130. The predicted molar refractivity (Wildman–Crippen MR) is 133 cm³/mol. The number of nitrogens with one attached hydrogen (secondary N) is 1. The van der Waals surface area contributed by atoms with Crippen molar-refractivity contribution >= 4 is 33.0 Å². The first-order valence-electron chi connectivity index (χ1n) is 11.4. The minimum Gasteiger partial charge on any atom is -0.340 e. The van der Waals surface area contributed by atoms with Crippen molar-refractivity contribution in [3.63, 3.8) is 0 Å². The van der Waals surface area contributed by atoms with E-state index in [1.165, 1.54) is 21.8 Å². The fourth-order valence-corrected chi connectivity index (χ4v) is 7.84. The molecule has 3 rings (SSSR count). The number of hydrogen-bond donors (Lipinski definition) is 3. The van der Waals surface area contributed by atoms with Gasteiger partial charge in [0.15, 0.2) is 9.84 Å². The molecule has 0 unspecified atom stereocenters. The number of carbonyl (C=O) groups excluding carboxylic acids is 2. The fraction of sp³-hybridized carbons (Fsp3) is 0.500. The predicted octanol–water partition coefficient (Wildman–Crippen LogP) is 2.70. The number of hydroxylamine groups is 1. The topological polar surface area (TPSA) is 130 Å². The number of amides is 2. The van der Waals surface area contributed by atoms with E-state index in [1.54, 1.807) is 11.5 Å². The minimum atomic E-state index is -3.87. The summed E-state index contributed by atoms with van der Waals surface area (Å²) in [7, 11) is -3.87. The molecule has 2 aromatic rings. The maximum atomic E-state index is 13.7. The van der Waals surface area contributed by atoms with Gasteiger partial charge >= 0.3 is 0 Å². The maximum Gasteiger partial charge on any atom is 0.245 e. The normalized spacial score (nSPS) is 21.2. The van der Waals surface area contributed by atoms with Crippen molar-refractivity contribution in [2.24, 2.45) is 11.7 Å². The second kappa shape index (κ2) is 10.6. The van der Waals surface area contributed by atoms with Crippen LogP contribution in [0.3, 0.4) is 0 Å². The second-order valence-electron chi connectivity index (χ2n) is 9.08. The quantitative estimate of drug-likeness (QED) is 0.390. The molecule has 1 aliphatic heterocycles. The molecule has 2 heterocycles. The highest BCUT2D eigenvalue weighted by Crippen LogP contribution is 2.45. The molecule has 0 radical (unpaired) electrons. The Morgan fingerprint density at radius 1 is 1.18 bits per heavy atom. The lowest BCUT2D eigenvalue weighted by molar-refractivity contribution is -0.133. The van der Waals surface area contributed by atoms with Gasteiger partial charge in [0.2, 0.25) is 11.8 Å². The number of benzene rings is 1. The third kappa shape index (κ3) is 5.19. The largest absolute Gasteiger partial charge is 0.340 e. The Kier molecular flexibility index (Phi) is 8.18. The first-order chi connectivity index (χ1) is 16.0. The van der Waals surface area contributed by atoms with Gasteiger partial charge < -0.3 is 10.6 Å². The van der Waals surface area contributed by atoms with Crippen molar-refractivity contribution in [2.45, 2.75) is 50.8 Å². The number of nitrogens with zero attached hydrogens (tertiary/aromatic N) is 1. The lowest BCUT2D eigenvalue weighted by Gasteiger charge is -2.30. The molecule has 0 bridgehead atoms. The maximum absolute atomic E-state index is 13.7. The molecule has 0 aliphatic carbocycles. The van der Waals surface area contributed by atoms with Crippen LogP contribution in [0.25, 0.3) is 10.4 Å². The number of thiophene rings is 1. The summed E-state index contributed by atoms with van der Waals surface area (Å²) in [6.07, 6.45) is 0.524. The van der Waals surface area contributed by atoms with Crippen LogP contribution in [-0.4, -0.2) is 55.2 Å². The zero-order valence-corrected chi connectivity index (χ0v) is 21.4. The van der Waals surface area contributed by atoms with Crippen LogP contribution in [0.5, 0.6) is 0 Å². The van der Waals surface area contributed by atoms with Crippen LogP contribution in [0.15, 0.2) is 36.4 Å². The van der Waals surface area contributed by atoms with E-state index in [1.807, 2.05) is 44.2 Å². The number of nitrogens with two attached hydrogens (primary N) is 1. The van der Waals surface area contributed by atoms with Crippen LogP contribution in [0.1, 0.15) is 44.1 Å². The molecule has 8 nitrogen and oxygen atoms in total. The van der Waals surface area contributed by atoms with Crippen molar-refractivity contribution in [3.8, 4) is 10.4 Å². The SMILES string of the molecule is CCc1ccc(-c2ccc([C@@]3(CC(=O)NO)CCN(C(=O)[C@@H](N)C(C)C)CCS3(=O)=O)s2)cc1. The zero-order chi connectivity index (χ0) is 25.1. The molecule has 2 atom stereocenters. The van der Waals surface area contributed by atoms with Gasteiger partial charge in [-0.05, 0) is 42.0 Å². The van der Waals surface area contributed by atoms with Gasteiger partial charge in [-0.1, -0.05) is 45.0 Å². The smallest absolute Gasteiger partial charge is 0.245 e. The zero-order valence-electron chi connectivity index (χ0n) is 19.8. The van der Waals surface area contributed by atoms with Crippen molar-refractivity contribution in [2.75, 3.05) is 18.8 Å². The van der Waals surface area contributed by atoms with Crippen LogP contribution < -0.4 is 11.2 Å². The van der Waals surface area contributed by atoms with Crippen molar-refractivity contribution in [3.05, 3.63) is 46.8 Å². The first-order valence-corrected chi connectivity index (χ1v) is 13.9. The monoisotopic (exact) mass is 507 g/mol. The van der Waals surface area contributed by atoms with E-state index in [4.69, 9.17) is 5.73 Å². The Morgan fingerprint density at radius 2 is 1.85 bits per heavy atom. The molecule has 186 valence electrons. The molecule has 0 saturated carbocycles. The minimum absolute atomic E-state index is 0.0147. The molecule has 1 fully saturated rings. The molecule has 0 spiro atoms. The highest BCUT2D eigenvalue weighted by Gasteiger charge is 2.50. The molecule has 1 aromatic heterocycles. The van der Waals surface area contributed by atoms with Crippen LogP contribution in [0, 0.1) is 5.92 Å². The number of aryl methyl sites for hydroxylation is 1. The van der Waals surface area contributed by atoms with Gasteiger partial charge in [0, 0.05) is 22.8 Å². The second-order valence-corrected chi connectivity index (χ2v) is 12.6. The fourth-order valence-electron chi connectivity index (χ4n) is 4.23. The molecule has 1 saturated heterocycles. The molecular formula is C24H33N3O5S2. The average molecular weight is 508 g/mol. The summed E-state index contributed by atoms with van der Waals surface area (Å²) >= 11 is 1.32. The summed E-state index contributed by atoms with van der Waals surface area (Å²) in [4.78, 5) is 28.0. The summed E-state index contributed by atoms with van der Waals surface area (Å²) in [5.74, 6) is -1.46. The number of sulfone groups is 1. The van der Waals surface area contributed by atoms with Gasteiger partial charge in [0.05, 0.1) is 18.2 Å². The Balaban J connectivity index is 2.02. The Morgan fingerprint density at radius 3 is 2.44 bits per heavy atom. The van der Waals surface area contributed by atoms with E-state index < -0.39 is 33.0 Å². The number of rotatable bonds is 7. The lowest BCUT2D eigenvalue weighted by atomic mass is 9.96. The van der Waals surface area contributed by atoms with E-state index >= 15 is 0 Å². The van der Waals surface area contributed by atoms with Gasteiger partial charge in [0.25, 0.3) is 0 Å². The van der Waals surface area contributed by atoms with E-state index in [2.05, 4.69) is 6.92 Å². The highest BCUT2D eigenvalue weighted by molar-refractivity contribution is 7.92. The number of carbonyl (C=O) groups is 2. The average Bonchev–Trinajstić information content (AvgIpc) is 3.27. The third-order valence-corrected chi connectivity index (χ3v) is 10.5. The third-order valence-electron chi connectivity index (χ3n) is 6.60. The van der Waals surface area contributed by atoms with Gasteiger partial charge in [-0.3, -0.25) is 14.8 Å². The molecular weight excluding hydrogens is 474 g/mol. The van der Waals surface area contributed by atoms with E-state index in [9.17, 15) is 23.2 Å².